The van der Waals surface area contributed by atoms with E-state index in [0.29, 0.717) is 12.1 Å². The Kier molecular flexibility index (Phi) is 4.43. The molecule has 1 atom stereocenters. The summed E-state index contributed by atoms with van der Waals surface area (Å²) in [6, 6.07) is 6.38. The second kappa shape index (κ2) is 5.61. The third-order valence-electron chi connectivity index (χ3n) is 1.94. The van der Waals surface area contributed by atoms with Crippen LogP contribution in [0.1, 0.15) is 19.8 Å². The highest BCUT2D eigenvalue weighted by Crippen LogP contribution is 2.16. The molecule has 1 aromatic rings. The number of hydrogen-bond donors (Lipinski definition) is 2. The Morgan fingerprint density at radius 1 is 1.60 bits per heavy atom. The van der Waals surface area contributed by atoms with E-state index in [1.165, 1.54) is 6.07 Å². The monoisotopic (exact) mass is 227 g/mol. The quantitative estimate of drug-likeness (QED) is 0.777. The van der Waals surface area contributed by atoms with E-state index in [1.807, 2.05) is 6.92 Å². The van der Waals surface area contributed by atoms with E-state index < -0.39 is 5.38 Å². The van der Waals surface area contributed by atoms with Gasteiger partial charge in [-0.2, -0.15) is 0 Å². The summed E-state index contributed by atoms with van der Waals surface area (Å²) >= 11 is 5.85. The number of carbonyl (C=O) groups is 1. The summed E-state index contributed by atoms with van der Waals surface area (Å²) in [7, 11) is 0. The van der Waals surface area contributed by atoms with Crippen LogP contribution in [-0.4, -0.2) is 16.4 Å². The Morgan fingerprint density at radius 2 is 2.33 bits per heavy atom. The lowest BCUT2D eigenvalue weighted by molar-refractivity contribution is -0.116. The van der Waals surface area contributed by atoms with Gasteiger partial charge >= 0.3 is 0 Å². The number of alkyl halides is 1. The highest BCUT2D eigenvalue weighted by atomic mass is 35.5. The van der Waals surface area contributed by atoms with Gasteiger partial charge in [0, 0.05) is 11.8 Å². The van der Waals surface area contributed by atoms with Gasteiger partial charge in [-0.1, -0.05) is 19.4 Å². The Morgan fingerprint density at radius 3 is 2.93 bits per heavy atom. The minimum absolute atomic E-state index is 0.120. The van der Waals surface area contributed by atoms with Crippen molar-refractivity contribution in [3.05, 3.63) is 24.3 Å². The largest absolute Gasteiger partial charge is 0.508 e. The average Bonchev–Trinajstić information content (AvgIpc) is 2.18. The van der Waals surface area contributed by atoms with Crippen LogP contribution in [0, 0.1) is 0 Å². The van der Waals surface area contributed by atoms with E-state index >= 15 is 0 Å². The van der Waals surface area contributed by atoms with Gasteiger partial charge in [0.25, 0.3) is 0 Å². The Bertz CT molecular complexity index is 341. The van der Waals surface area contributed by atoms with Crippen LogP contribution in [0.5, 0.6) is 5.75 Å². The molecule has 3 nitrogen and oxygen atoms in total. The van der Waals surface area contributed by atoms with Crippen LogP contribution < -0.4 is 5.32 Å². The molecular weight excluding hydrogens is 214 g/mol. The zero-order valence-corrected chi connectivity index (χ0v) is 9.29. The van der Waals surface area contributed by atoms with Crippen LogP contribution in [-0.2, 0) is 4.79 Å². The van der Waals surface area contributed by atoms with Crippen molar-refractivity contribution in [2.24, 2.45) is 0 Å². The van der Waals surface area contributed by atoms with Crippen molar-refractivity contribution in [1.82, 2.24) is 0 Å². The van der Waals surface area contributed by atoms with Crippen LogP contribution >= 0.6 is 11.6 Å². The van der Waals surface area contributed by atoms with Gasteiger partial charge in [-0.25, -0.2) is 0 Å². The second-order valence-electron chi connectivity index (χ2n) is 3.30. The fraction of sp³-hybridized carbons (Fsp3) is 0.364. The molecule has 4 heteroatoms. The van der Waals surface area contributed by atoms with Crippen LogP contribution in [0.25, 0.3) is 0 Å². The van der Waals surface area contributed by atoms with Gasteiger partial charge in [-0.05, 0) is 18.6 Å². The first-order valence-electron chi connectivity index (χ1n) is 4.87. The number of amides is 1. The average molecular weight is 228 g/mol. The first kappa shape index (κ1) is 11.9. The van der Waals surface area contributed by atoms with Gasteiger partial charge in [-0.3, -0.25) is 4.79 Å². The molecule has 2 N–H and O–H groups in total. The third-order valence-corrected chi connectivity index (χ3v) is 2.36. The molecule has 0 aromatic heterocycles. The summed E-state index contributed by atoms with van der Waals surface area (Å²) < 4.78 is 0. The van der Waals surface area contributed by atoms with E-state index in [0.717, 1.165) is 6.42 Å². The number of halogens is 1. The molecule has 1 rings (SSSR count). The van der Waals surface area contributed by atoms with E-state index in [-0.39, 0.29) is 11.7 Å². The fourth-order valence-corrected chi connectivity index (χ4v) is 1.46. The van der Waals surface area contributed by atoms with E-state index in [2.05, 4.69) is 5.32 Å². The molecule has 0 saturated heterocycles. The van der Waals surface area contributed by atoms with Gasteiger partial charge in [0.05, 0.1) is 0 Å². The standard InChI is InChI=1S/C11H14ClNO2/c1-2-4-10(12)11(15)13-8-5-3-6-9(14)7-8/h3,5-7,10,14H,2,4H2,1H3,(H,13,15). The van der Waals surface area contributed by atoms with Crippen molar-refractivity contribution in [1.29, 1.82) is 0 Å². The van der Waals surface area contributed by atoms with Crippen molar-refractivity contribution in [3.8, 4) is 5.75 Å². The number of rotatable bonds is 4. The molecule has 0 saturated carbocycles. The molecule has 0 aliphatic heterocycles. The Labute approximate surface area is 94.1 Å². The molecule has 0 heterocycles. The van der Waals surface area contributed by atoms with Crippen LogP contribution in [0.3, 0.4) is 0 Å². The number of phenolic OH excluding ortho intramolecular Hbond substituents is 1. The maximum absolute atomic E-state index is 11.5. The van der Waals surface area contributed by atoms with Crippen molar-refractivity contribution >= 4 is 23.2 Å². The molecule has 0 spiro atoms. The summed E-state index contributed by atoms with van der Waals surface area (Å²) in [5, 5.41) is 11.3. The second-order valence-corrected chi connectivity index (χ2v) is 3.82. The molecule has 82 valence electrons. The van der Waals surface area contributed by atoms with Crippen molar-refractivity contribution in [2.45, 2.75) is 25.1 Å². The van der Waals surface area contributed by atoms with E-state index in [1.54, 1.807) is 18.2 Å². The third kappa shape index (κ3) is 3.80. The van der Waals surface area contributed by atoms with Crippen LogP contribution in [0.15, 0.2) is 24.3 Å². The molecule has 0 aliphatic rings. The topological polar surface area (TPSA) is 49.3 Å². The Hall–Kier alpha value is -1.22. The van der Waals surface area contributed by atoms with Gasteiger partial charge in [0.2, 0.25) is 5.91 Å². The fourth-order valence-electron chi connectivity index (χ4n) is 1.19. The number of anilines is 1. The Balaban J connectivity index is 2.58. The van der Waals surface area contributed by atoms with Gasteiger partial charge in [0.1, 0.15) is 11.1 Å². The molecule has 15 heavy (non-hydrogen) atoms. The first-order chi connectivity index (χ1) is 7.13. The number of carbonyl (C=O) groups excluding carboxylic acids is 1. The summed E-state index contributed by atoms with van der Waals surface area (Å²) in [5.74, 6) is -0.112. The zero-order chi connectivity index (χ0) is 11.3. The molecule has 1 aromatic carbocycles. The lowest BCUT2D eigenvalue weighted by Crippen LogP contribution is -2.22. The maximum atomic E-state index is 11.5. The normalized spacial score (nSPS) is 12.1. The summed E-state index contributed by atoms with van der Waals surface area (Å²) in [4.78, 5) is 11.5. The molecule has 1 amide bonds. The lowest BCUT2D eigenvalue weighted by Gasteiger charge is -2.09. The van der Waals surface area contributed by atoms with E-state index in [4.69, 9.17) is 11.6 Å². The molecule has 0 aliphatic carbocycles. The zero-order valence-electron chi connectivity index (χ0n) is 8.53. The minimum atomic E-state index is -0.516. The molecule has 0 bridgehead atoms. The lowest BCUT2D eigenvalue weighted by atomic mass is 10.2. The molecule has 0 fully saturated rings. The summed E-state index contributed by atoms with van der Waals surface area (Å²) in [6.07, 6.45) is 1.51. The summed E-state index contributed by atoms with van der Waals surface area (Å²) in [5.41, 5.74) is 0.557. The smallest absolute Gasteiger partial charge is 0.242 e. The number of phenols is 1. The van der Waals surface area contributed by atoms with Crippen LogP contribution in [0.2, 0.25) is 0 Å². The first-order valence-corrected chi connectivity index (χ1v) is 5.31. The molecule has 0 radical (unpaired) electrons. The maximum Gasteiger partial charge on any atom is 0.242 e. The molecule has 1 unspecified atom stereocenters. The van der Waals surface area contributed by atoms with Crippen LogP contribution in [0.4, 0.5) is 5.69 Å². The number of aromatic hydroxyl groups is 1. The number of benzene rings is 1. The highest BCUT2D eigenvalue weighted by Gasteiger charge is 2.13. The van der Waals surface area contributed by atoms with Gasteiger partial charge in [0.15, 0.2) is 0 Å². The van der Waals surface area contributed by atoms with Gasteiger partial charge < -0.3 is 10.4 Å². The number of hydrogen-bond acceptors (Lipinski definition) is 2. The number of nitrogens with one attached hydrogen (secondary N) is 1. The van der Waals surface area contributed by atoms with Crippen molar-refractivity contribution in [3.63, 3.8) is 0 Å². The van der Waals surface area contributed by atoms with Crippen molar-refractivity contribution in [2.75, 3.05) is 5.32 Å². The van der Waals surface area contributed by atoms with Gasteiger partial charge in [-0.15, -0.1) is 11.6 Å². The highest BCUT2D eigenvalue weighted by molar-refractivity contribution is 6.32. The summed E-state index contributed by atoms with van der Waals surface area (Å²) in [6.45, 7) is 1.97. The predicted molar refractivity (Wildman–Crippen MR) is 61.3 cm³/mol. The molecular formula is C11H14ClNO2. The van der Waals surface area contributed by atoms with Crippen molar-refractivity contribution < 1.29 is 9.90 Å². The van der Waals surface area contributed by atoms with E-state index in [9.17, 15) is 9.90 Å². The SMILES string of the molecule is CCCC(Cl)C(=O)Nc1cccc(O)c1. The minimum Gasteiger partial charge on any atom is -0.508 e. The predicted octanol–water partition coefficient (Wildman–Crippen LogP) is 2.74.